The van der Waals surface area contributed by atoms with E-state index in [0.717, 1.165) is 6.42 Å². The molecule has 124 valence electrons. The van der Waals surface area contributed by atoms with Crippen LogP contribution in [0.2, 0.25) is 5.02 Å². The molecule has 2 heterocycles. The van der Waals surface area contributed by atoms with Crippen LogP contribution in [-0.2, 0) is 9.59 Å². The highest BCUT2D eigenvalue weighted by molar-refractivity contribution is 6.33. The van der Waals surface area contributed by atoms with Crippen LogP contribution in [0.5, 0.6) is 0 Å². The molecular formula is C16H20ClN3O3. The van der Waals surface area contributed by atoms with E-state index in [1.165, 1.54) is 0 Å². The highest BCUT2D eigenvalue weighted by Gasteiger charge is 2.35. The molecule has 2 fully saturated rings. The normalized spacial score (nSPS) is 28.0. The van der Waals surface area contributed by atoms with E-state index in [2.05, 4.69) is 10.6 Å². The van der Waals surface area contributed by atoms with Crippen LogP contribution in [0.1, 0.15) is 19.3 Å². The molecule has 1 aromatic rings. The predicted octanol–water partition coefficient (Wildman–Crippen LogP) is 0.674. The Morgan fingerprint density at radius 3 is 2.87 bits per heavy atom. The van der Waals surface area contributed by atoms with Gasteiger partial charge in [0.15, 0.2) is 0 Å². The van der Waals surface area contributed by atoms with E-state index >= 15 is 0 Å². The van der Waals surface area contributed by atoms with Crippen molar-refractivity contribution in [1.82, 2.24) is 10.6 Å². The van der Waals surface area contributed by atoms with Crippen LogP contribution in [0.25, 0.3) is 0 Å². The maximum atomic E-state index is 12.7. The van der Waals surface area contributed by atoms with Gasteiger partial charge in [-0.1, -0.05) is 23.7 Å². The summed E-state index contributed by atoms with van der Waals surface area (Å²) < 4.78 is 0. The van der Waals surface area contributed by atoms with Crippen molar-refractivity contribution in [3.63, 3.8) is 0 Å². The second-order valence-corrected chi connectivity index (χ2v) is 6.40. The lowest BCUT2D eigenvalue weighted by atomic mass is 10.0. The number of aliphatic hydroxyl groups excluding tert-OH is 1. The van der Waals surface area contributed by atoms with Crippen LogP contribution in [0.15, 0.2) is 24.3 Å². The molecule has 3 atom stereocenters. The van der Waals surface area contributed by atoms with E-state index in [-0.39, 0.29) is 11.8 Å². The van der Waals surface area contributed by atoms with Gasteiger partial charge in [-0.2, -0.15) is 0 Å². The lowest BCUT2D eigenvalue weighted by Gasteiger charge is -2.33. The lowest BCUT2D eigenvalue weighted by molar-refractivity contribution is -0.129. The molecule has 0 bridgehead atoms. The Balaban J connectivity index is 1.68. The Morgan fingerprint density at radius 1 is 1.39 bits per heavy atom. The number of anilines is 1. The van der Waals surface area contributed by atoms with Crippen molar-refractivity contribution in [3.05, 3.63) is 29.3 Å². The quantitative estimate of drug-likeness (QED) is 0.757. The molecule has 23 heavy (non-hydrogen) atoms. The lowest BCUT2D eigenvalue weighted by Crippen LogP contribution is -2.55. The summed E-state index contributed by atoms with van der Waals surface area (Å²) in [6, 6.07) is 6.22. The fourth-order valence-electron chi connectivity index (χ4n) is 3.11. The summed E-state index contributed by atoms with van der Waals surface area (Å²) >= 11 is 6.18. The second-order valence-electron chi connectivity index (χ2n) is 6.00. The number of benzene rings is 1. The average molecular weight is 338 g/mol. The molecule has 0 unspecified atom stereocenters. The molecule has 2 aliphatic heterocycles. The Labute approximate surface area is 139 Å². The number of nitrogens with zero attached hydrogens (tertiary/aromatic N) is 1. The van der Waals surface area contributed by atoms with E-state index in [1.807, 2.05) is 12.1 Å². The molecule has 0 saturated carbocycles. The Hall–Kier alpha value is -1.63. The van der Waals surface area contributed by atoms with Crippen molar-refractivity contribution in [2.45, 2.75) is 37.5 Å². The highest BCUT2D eigenvalue weighted by atomic mass is 35.5. The van der Waals surface area contributed by atoms with E-state index < -0.39 is 18.2 Å². The van der Waals surface area contributed by atoms with Crippen molar-refractivity contribution in [2.75, 3.05) is 18.0 Å². The Bertz CT molecular complexity index is 610. The van der Waals surface area contributed by atoms with Crippen LogP contribution >= 0.6 is 11.6 Å². The van der Waals surface area contributed by atoms with Gasteiger partial charge >= 0.3 is 0 Å². The number of β-amino-alcohol motifs (C(OH)–C–C–N with tert-alkyl or cyclic N) is 1. The molecule has 1 aromatic carbocycles. The molecule has 2 aliphatic rings. The van der Waals surface area contributed by atoms with E-state index in [0.29, 0.717) is 36.6 Å². The van der Waals surface area contributed by atoms with E-state index in [1.54, 1.807) is 17.0 Å². The third-order valence-electron chi connectivity index (χ3n) is 4.32. The van der Waals surface area contributed by atoms with Gasteiger partial charge in [0, 0.05) is 13.1 Å². The molecular weight excluding hydrogens is 318 g/mol. The van der Waals surface area contributed by atoms with Gasteiger partial charge in [-0.05, 0) is 31.4 Å². The first-order valence-electron chi connectivity index (χ1n) is 7.84. The summed E-state index contributed by atoms with van der Waals surface area (Å²) in [6.45, 7) is 0.998. The van der Waals surface area contributed by atoms with Gasteiger partial charge in [0.05, 0.1) is 22.9 Å². The van der Waals surface area contributed by atoms with Gasteiger partial charge in [0.2, 0.25) is 11.8 Å². The molecule has 2 saturated heterocycles. The zero-order valence-electron chi connectivity index (χ0n) is 12.7. The predicted molar refractivity (Wildman–Crippen MR) is 87.4 cm³/mol. The van der Waals surface area contributed by atoms with E-state index in [9.17, 15) is 14.7 Å². The monoisotopic (exact) mass is 337 g/mol. The number of carbonyl (C=O) groups excluding carboxylic acids is 2. The van der Waals surface area contributed by atoms with Crippen molar-refractivity contribution in [3.8, 4) is 0 Å². The van der Waals surface area contributed by atoms with Crippen molar-refractivity contribution in [1.29, 1.82) is 0 Å². The van der Waals surface area contributed by atoms with E-state index in [4.69, 9.17) is 11.6 Å². The summed E-state index contributed by atoms with van der Waals surface area (Å²) in [5.74, 6) is -0.378. The molecule has 3 rings (SSSR count). The van der Waals surface area contributed by atoms with Crippen LogP contribution < -0.4 is 15.5 Å². The number of hydrogen-bond donors (Lipinski definition) is 3. The van der Waals surface area contributed by atoms with Crippen molar-refractivity contribution < 1.29 is 14.7 Å². The largest absolute Gasteiger partial charge is 0.392 e. The fraction of sp³-hybridized carbons (Fsp3) is 0.500. The highest BCUT2D eigenvalue weighted by Crippen LogP contribution is 2.28. The molecule has 0 spiro atoms. The molecule has 6 nitrogen and oxygen atoms in total. The summed E-state index contributed by atoms with van der Waals surface area (Å²) in [7, 11) is 0. The van der Waals surface area contributed by atoms with Crippen LogP contribution in [0, 0.1) is 0 Å². The number of para-hydroxylation sites is 1. The second kappa shape index (κ2) is 6.86. The smallest absolute Gasteiger partial charge is 0.249 e. The Kier molecular flexibility index (Phi) is 4.84. The first-order valence-corrected chi connectivity index (χ1v) is 8.22. The van der Waals surface area contributed by atoms with Gasteiger partial charge in [-0.25, -0.2) is 0 Å². The van der Waals surface area contributed by atoms with Gasteiger partial charge in [-0.3, -0.25) is 9.59 Å². The molecule has 7 heteroatoms. The number of piperidine rings is 1. The minimum absolute atomic E-state index is 0.142. The number of amides is 2. The van der Waals surface area contributed by atoms with Crippen LogP contribution in [0.3, 0.4) is 0 Å². The molecule has 2 amide bonds. The minimum atomic E-state index is -0.549. The first-order chi connectivity index (χ1) is 11.1. The van der Waals surface area contributed by atoms with Gasteiger partial charge in [0.25, 0.3) is 0 Å². The van der Waals surface area contributed by atoms with Gasteiger partial charge in [-0.15, -0.1) is 0 Å². The summed E-state index contributed by atoms with van der Waals surface area (Å²) in [4.78, 5) is 26.5. The molecule has 0 aliphatic carbocycles. The number of rotatable bonds is 3. The maximum Gasteiger partial charge on any atom is 0.249 e. The average Bonchev–Trinajstić information content (AvgIpc) is 2.97. The molecule has 0 radical (unpaired) electrons. The van der Waals surface area contributed by atoms with Crippen molar-refractivity contribution in [2.24, 2.45) is 0 Å². The standard InChI is InChI=1S/C16H20ClN3O3/c17-11-4-1-2-6-14(11)20-7-3-5-12(16(20)23)19-15(22)13-8-10(21)9-18-13/h1-2,4,6,10,12-13,18,21H,3,5,7-9H2,(H,19,22)/t10-,12-,13+/m1/s1. The third kappa shape index (κ3) is 3.49. The van der Waals surface area contributed by atoms with Gasteiger partial charge in [0.1, 0.15) is 6.04 Å². The number of aliphatic hydroxyl groups is 1. The topological polar surface area (TPSA) is 81.7 Å². The maximum absolute atomic E-state index is 12.7. The summed E-state index contributed by atoms with van der Waals surface area (Å²) in [5.41, 5.74) is 0.674. The third-order valence-corrected chi connectivity index (χ3v) is 4.64. The zero-order valence-corrected chi connectivity index (χ0v) is 13.4. The van der Waals surface area contributed by atoms with Crippen molar-refractivity contribution >= 4 is 29.1 Å². The zero-order chi connectivity index (χ0) is 16.4. The fourth-order valence-corrected chi connectivity index (χ4v) is 3.35. The summed E-state index contributed by atoms with van der Waals surface area (Å²) in [6.07, 6.45) is 1.28. The minimum Gasteiger partial charge on any atom is -0.392 e. The molecule has 0 aromatic heterocycles. The van der Waals surface area contributed by atoms with Crippen LogP contribution in [-0.4, -0.2) is 48.2 Å². The van der Waals surface area contributed by atoms with Gasteiger partial charge < -0.3 is 20.6 Å². The number of hydrogen-bond acceptors (Lipinski definition) is 4. The number of halogens is 1. The first kappa shape index (κ1) is 16.2. The number of nitrogens with one attached hydrogen (secondary N) is 2. The summed E-state index contributed by atoms with van der Waals surface area (Å²) in [5, 5.41) is 15.8. The number of carbonyl (C=O) groups is 2. The Morgan fingerprint density at radius 2 is 2.17 bits per heavy atom. The SMILES string of the molecule is O=C(N[C@@H]1CCCN(c2ccccc2Cl)C1=O)[C@@H]1C[C@@H](O)CN1. The van der Waals surface area contributed by atoms with Crippen LogP contribution in [0.4, 0.5) is 5.69 Å². The molecule has 3 N–H and O–H groups in total.